The number of nitrogens with zero attached hydrogens (tertiary/aromatic N) is 2. The van der Waals surface area contributed by atoms with Crippen LogP contribution in [0.4, 0.5) is 34.1 Å². The molecule has 16 bridgehead atoms. The van der Waals surface area contributed by atoms with Gasteiger partial charge in [-0.2, -0.15) is 0 Å². The third-order valence-electron chi connectivity index (χ3n) is 32.2. The topological polar surface area (TPSA) is 6.48 Å². The molecule has 18 saturated carbocycles. The second-order valence-electron chi connectivity index (χ2n) is 39.6. The third kappa shape index (κ3) is 8.90. The molecule has 2 nitrogen and oxygen atoms in total. The van der Waals surface area contributed by atoms with E-state index < -0.39 is 0 Å². The Hall–Kier alpha value is -5.34. The Morgan fingerprint density at radius 2 is 0.562 bits per heavy atom. The number of rotatable bonds is 12. The van der Waals surface area contributed by atoms with Crippen molar-refractivity contribution in [2.75, 3.05) is 9.80 Å². The monoisotopic (exact) mass is 1270 g/mol. The molecule has 0 aromatic heterocycles. The van der Waals surface area contributed by atoms with Crippen LogP contribution < -0.4 is 9.80 Å². The van der Waals surface area contributed by atoms with Gasteiger partial charge >= 0.3 is 0 Å². The van der Waals surface area contributed by atoms with Crippen molar-refractivity contribution in [2.45, 2.75) is 278 Å². The van der Waals surface area contributed by atoms with Crippen LogP contribution in [0.1, 0.15) is 291 Å². The van der Waals surface area contributed by atoms with Gasteiger partial charge in [-0.1, -0.05) is 153 Å². The molecule has 0 radical (unpaired) electrons. The first-order valence-corrected chi connectivity index (χ1v) is 40.7. The summed E-state index contributed by atoms with van der Waals surface area (Å²) < 4.78 is 0. The standard InChI is InChI=1S/C94H112N2/c1-89(2,3)69-40-70(90(4,5)6)44-80(43-69)95(79-38-67(65-17-9-7-10-18-65)37-68(39-79)66-19-11-8-12-20-66)87-83-21-13-15-23-85(83)88(86-24-16-14-22-84(86)87)96(81-45-75(91-49-57-25-58(50-91)30-71(91)29-57)41-76(46-81)92-51-59-26-60(52-92)32-72(92)31-59)82-47-77(93-53-61-27-62(54-93)34-73(93)33-61)42-78(48-82)94-55-63-28-64(56-94)36-74(94)35-63/h13-16,21-24,37-48,57-66,71-74H,7-12,17-20,25-36,49-56H2,1-6H3. The fourth-order valence-corrected chi connectivity index (χ4v) is 28.8. The van der Waals surface area contributed by atoms with Gasteiger partial charge in [0.25, 0.3) is 0 Å². The largest absolute Gasteiger partial charge is 0.309 e. The van der Waals surface area contributed by atoms with Crippen molar-refractivity contribution in [3.8, 4) is 0 Å². The Morgan fingerprint density at radius 3 is 0.844 bits per heavy atom. The number of benzene rings is 7. The molecule has 96 heavy (non-hydrogen) atoms. The average molecular weight is 1270 g/mol. The fourth-order valence-electron chi connectivity index (χ4n) is 28.8. The number of fused-ring (bicyclic) bond motifs is 2. The summed E-state index contributed by atoms with van der Waals surface area (Å²) in [6.07, 6.45) is 42.4. The highest BCUT2D eigenvalue weighted by molar-refractivity contribution is 6.23. The molecular formula is C94H112N2. The maximum atomic E-state index is 3.08. The highest BCUT2D eigenvalue weighted by Gasteiger charge is 2.63. The first-order chi connectivity index (χ1) is 46.5. The molecule has 0 spiro atoms. The summed E-state index contributed by atoms with van der Waals surface area (Å²) >= 11 is 0. The van der Waals surface area contributed by atoms with Crippen LogP contribution in [0.15, 0.2) is 121 Å². The molecule has 18 aliphatic rings. The Kier molecular flexibility index (Phi) is 13.1. The van der Waals surface area contributed by atoms with E-state index in [0.29, 0.717) is 33.5 Å². The van der Waals surface area contributed by atoms with E-state index in [1.165, 1.54) is 259 Å². The van der Waals surface area contributed by atoms with E-state index in [1.54, 1.807) is 33.4 Å². The van der Waals surface area contributed by atoms with Crippen molar-refractivity contribution in [2.24, 2.45) is 71.0 Å². The molecule has 18 aliphatic carbocycles. The van der Waals surface area contributed by atoms with Crippen LogP contribution in [-0.2, 0) is 32.5 Å². The van der Waals surface area contributed by atoms with Crippen LogP contribution in [0.3, 0.4) is 0 Å². The SMILES string of the molecule is CC(C)(C)c1cc(N(c2cc(C3CCCCC3)cc(C3CCCCC3)c2)c2c3ccccc3c(N(c3cc(C45CC6CC(CC4C6)C5)cc(C45CC6CC(CC4C6)C5)c3)c3cc(C45CC6CC(CC4C6)C5)cc(C45CC6CC(CC4C6)C5)c3)c3ccccc23)cc(C(C)(C)C)c1. The van der Waals surface area contributed by atoms with Crippen molar-refractivity contribution in [1.82, 2.24) is 0 Å². The Bertz CT molecular complexity index is 3860. The summed E-state index contributed by atoms with van der Waals surface area (Å²) in [6.45, 7) is 14.7. The molecule has 0 saturated heterocycles. The van der Waals surface area contributed by atoms with Gasteiger partial charge < -0.3 is 9.80 Å². The molecule has 7 aromatic carbocycles. The summed E-state index contributed by atoms with van der Waals surface area (Å²) in [5.41, 5.74) is 22.7. The van der Waals surface area contributed by atoms with E-state index in [0.717, 1.165) is 71.0 Å². The van der Waals surface area contributed by atoms with Gasteiger partial charge in [0.15, 0.2) is 0 Å². The predicted molar refractivity (Wildman–Crippen MR) is 401 cm³/mol. The Labute approximate surface area is 577 Å². The van der Waals surface area contributed by atoms with Gasteiger partial charge in [-0.25, -0.2) is 0 Å². The Balaban J connectivity index is 0.865. The summed E-state index contributed by atoms with van der Waals surface area (Å²) in [6, 6.07) is 54.0. The molecule has 8 unspecified atom stereocenters. The summed E-state index contributed by atoms with van der Waals surface area (Å²) in [5.74, 6) is 11.8. The lowest BCUT2D eigenvalue weighted by atomic mass is 9.66. The molecule has 0 N–H and O–H groups in total. The fraction of sp³-hybridized carbons (Fsp3) is 0.596. The maximum absolute atomic E-state index is 3.08. The van der Waals surface area contributed by atoms with Crippen molar-refractivity contribution >= 4 is 55.7 Å². The average Bonchev–Trinajstić information content (AvgIpc) is 1.46. The number of hydrogen-bond donors (Lipinski definition) is 0. The van der Waals surface area contributed by atoms with Gasteiger partial charge in [0, 0.05) is 44.3 Å². The van der Waals surface area contributed by atoms with Gasteiger partial charge in [-0.05, 0) is 362 Å². The molecule has 18 fully saturated rings. The summed E-state index contributed by atoms with van der Waals surface area (Å²) in [7, 11) is 0. The van der Waals surface area contributed by atoms with Crippen LogP contribution in [0, 0.1) is 71.0 Å². The molecular weight excluding hydrogens is 1160 g/mol. The van der Waals surface area contributed by atoms with Crippen LogP contribution in [0.5, 0.6) is 0 Å². The van der Waals surface area contributed by atoms with Crippen LogP contribution >= 0.6 is 0 Å². The van der Waals surface area contributed by atoms with Gasteiger partial charge in [0.2, 0.25) is 0 Å². The predicted octanol–water partition coefficient (Wildman–Crippen LogP) is 25.9. The molecule has 0 amide bonds. The molecule has 0 heterocycles. The zero-order chi connectivity index (χ0) is 64.0. The normalized spacial score (nSPS) is 36.7. The van der Waals surface area contributed by atoms with Crippen LogP contribution in [0.2, 0.25) is 0 Å². The highest BCUT2D eigenvalue weighted by atomic mass is 15.2. The van der Waals surface area contributed by atoms with E-state index in [9.17, 15) is 0 Å². The van der Waals surface area contributed by atoms with Crippen LogP contribution in [0.25, 0.3) is 21.5 Å². The van der Waals surface area contributed by atoms with E-state index in [-0.39, 0.29) is 10.8 Å². The quantitative estimate of drug-likeness (QED) is 0.0889. The minimum absolute atomic E-state index is 0.0454. The van der Waals surface area contributed by atoms with Gasteiger partial charge in [-0.3, -0.25) is 0 Å². The van der Waals surface area contributed by atoms with E-state index >= 15 is 0 Å². The van der Waals surface area contributed by atoms with Crippen molar-refractivity contribution in [1.29, 1.82) is 0 Å². The number of hydrogen-bond acceptors (Lipinski definition) is 2. The second-order valence-corrected chi connectivity index (χ2v) is 39.6. The molecule has 0 aliphatic heterocycles. The van der Waals surface area contributed by atoms with Crippen molar-refractivity contribution < 1.29 is 0 Å². The van der Waals surface area contributed by atoms with Gasteiger partial charge in [0.1, 0.15) is 0 Å². The highest BCUT2D eigenvalue weighted by Crippen LogP contribution is 2.72. The molecule has 8 atom stereocenters. The lowest BCUT2D eigenvalue weighted by molar-refractivity contribution is 0.263. The molecule has 7 aromatic rings. The Morgan fingerprint density at radius 1 is 0.292 bits per heavy atom. The molecule has 25 rings (SSSR count). The van der Waals surface area contributed by atoms with Gasteiger partial charge in [-0.15, -0.1) is 0 Å². The van der Waals surface area contributed by atoms with Crippen molar-refractivity contribution in [3.05, 3.63) is 166 Å². The van der Waals surface area contributed by atoms with E-state index in [1.807, 2.05) is 0 Å². The smallest absolute Gasteiger partial charge is 0.0619 e. The summed E-state index contributed by atoms with van der Waals surface area (Å²) in [4.78, 5) is 5.96. The zero-order valence-electron chi connectivity index (χ0n) is 59.7. The molecule has 2 heteroatoms. The maximum Gasteiger partial charge on any atom is 0.0619 e. The first-order valence-electron chi connectivity index (χ1n) is 40.7. The molecule has 498 valence electrons. The lowest BCUT2D eigenvalue weighted by Crippen LogP contribution is -2.32. The minimum atomic E-state index is -0.0454. The zero-order valence-corrected chi connectivity index (χ0v) is 59.7. The van der Waals surface area contributed by atoms with E-state index in [4.69, 9.17) is 0 Å². The second kappa shape index (κ2) is 21.1. The lowest BCUT2D eigenvalue weighted by Gasteiger charge is -2.41. The third-order valence-corrected chi connectivity index (χ3v) is 32.2. The first kappa shape index (κ1) is 59.5. The van der Waals surface area contributed by atoms with E-state index in [2.05, 4.69) is 173 Å². The van der Waals surface area contributed by atoms with Crippen LogP contribution in [-0.4, -0.2) is 0 Å². The van der Waals surface area contributed by atoms with Gasteiger partial charge in [0.05, 0.1) is 11.4 Å². The minimum Gasteiger partial charge on any atom is -0.309 e. The summed E-state index contributed by atoms with van der Waals surface area (Å²) in [5, 5.41) is 5.59. The number of anilines is 6. The van der Waals surface area contributed by atoms with Crippen molar-refractivity contribution in [3.63, 3.8) is 0 Å².